The maximum atomic E-state index is 2.53. The zero-order valence-corrected chi connectivity index (χ0v) is 7.43. The molecule has 60 valence electrons. The van der Waals surface area contributed by atoms with Gasteiger partial charge in [0.25, 0.3) is 0 Å². The van der Waals surface area contributed by atoms with E-state index in [-0.39, 0.29) is 0 Å². The van der Waals surface area contributed by atoms with Crippen LogP contribution in [0.15, 0.2) is 0 Å². The number of nitrogens with zero attached hydrogens (tertiary/aromatic N) is 1. The van der Waals surface area contributed by atoms with E-state index in [9.17, 15) is 0 Å². The fourth-order valence-electron chi connectivity index (χ4n) is 2.04. The highest BCUT2D eigenvalue weighted by atomic mass is 15.2. The predicted octanol–water partition coefficient (Wildman–Crippen LogP) is 2.27. The Labute approximate surface area is 64.4 Å². The Balaban J connectivity index is 0.000000231. The normalized spacial score (nSPS) is 37.5. The second-order valence-corrected chi connectivity index (χ2v) is 3.14. The molecule has 2 bridgehead atoms. The summed E-state index contributed by atoms with van der Waals surface area (Å²) in [7, 11) is 2.26. The van der Waals surface area contributed by atoms with Crippen molar-refractivity contribution in [3.63, 3.8) is 0 Å². The van der Waals surface area contributed by atoms with Crippen molar-refractivity contribution in [2.24, 2.45) is 0 Å². The Hall–Kier alpha value is -0.0400. The van der Waals surface area contributed by atoms with Crippen LogP contribution in [-0.2, 0) is 0 Å². The van der Waals surface area contributed by atoms with Gasteiger partial charge in [0.05, 0.1) is 0 Å². The molecule has 0 aromatic heterocycles. The van der Waals surface area contributed by atoms with Gasteiger partial charge >= 0.3 is 0 Å². The summed E-state index contributed by atoms with van der Waals surface area (Å²) in [6, 6.07) is 1.96. The van der Waals surface area contributed by atoms with Gasteiger partial charge in [0.2, 0.25) is 0 Å². The first-order chi connectivity index (χ1) is 4.88. The van der Waals surface area contributed by atoms with E-state index in [1.165, 1.54) is 25.7 Å². The van der Waals surface area contributed by atoms with E-state index in [4.69, 9.17) is 0 Å². The first-order valence-corrected chi connectivity index (χ1v) is 4.60. The van der Waals surface area contributed by atoms with Crippen LogP contribution in [0.2, 0.25) is 0 Å². The van der Waals surface area contributed by atoms with Crippen LogP contribution in [0, 0.1) is 0 Å². The van der Waals surface area contributed by atoms with Gasteiger partial charge in [-0.15, -0.1) is 0 Å². The van der Waals surface area contributed by atoms with Crippen LogP contribution < -0.4 is 0 Å². The van der Waals surface area contributed by atoms with Crippen LogP contribution in [0.25, 0.3) is 0 Å². The molecule has 0 spiro atoms. The SMILES string of the molecule is CC.CN1C2CCCC1C2. The molecule has 1 heteroatoms. The quantitative estimate of drug-likeness (QED) is 0.500. The third kappa shape index (κ3) is 1.20. The van der Waals surface area contributed by atoms with Crippen molar-refractivity contribution in [3.8, 4) is 0 Å². The molecule has 2 atom stereocenters. The summed E-state index contributed by atoms with van der Waals surface area (Å²) in [5.74, 6) is 0. The monoisotopic (exact) mass is 141 g/mol. The van der Waals surface area contributed by atoms with Crippen molar-refractivity contribution in [1.82, 2.24) is 4.90 Å². The van der Waals surface area contributed by atoms with Gasteiger partial charge in [0.1, 0.15) is 0 Å². The summed E-state index contributed by atoms with van der Waals surface area (Å²) in [5.41, 5.74) is 0. The van der Waals surface area contributed by atoms with Gasteiger partial charge in [-0.05, 0) is 26.3 Å². The molecule has 2 aliphatic heterocycles. The van der Waals surface area contributed by atoms with Crippen LogP contribution in [0.4, 0.5) is 0 Å². The summed E-state index contributed by atoms with van der Waals surface area (Å²) in [6.07, 6.45) is 5.91. The molecule has 2 unspecified atom stereocenters. The molecule has 0 aromatic rings. The van der Waals surface area contributed by atoms with Gasteiger partial charge in [-0.25, -0.2) is 0 Å². The highest BCUT2D eigenvalue weighted by molar-refractivity contribution is 4.94. The summed E-state index contributed by atoms with van der Waals surface area (Å²) >= 11 is 0. The Morgan fingerprint density at radius 2 is 1.60 bits per heavy atom. The van der Waals surface area contributed by atoms with Gasteiger partial charge in [0.15, 0.2) is 0 Å². The van der Waals surface area contributed by atoms with Gasteiger partial charge < -0.3 is 4.90 Å². The lowest BCUT2D eigenvalue weighted by Gasteiger charge is -2.50. The third-order valence-electron chi connectivity index (χ3n) is 2.77. The molecule has 0 aromatic carbocycles. The van der Waals surface area contributed by atoms with Crippen molar-refractivity contribution in [3.05, 3.63) is 0 Å². The summed E-state index contributed by atoms with van der Waals surface area (Å²) in [6.45, 7) is 4.00. The zero-order valence-electron chi connectivity index (χ0n) is 7.43. The third-order valence-corrected chi connectivity index (χ3v) is 2.77. The first-order valence-electron chi connectivity index (χ1n) is 4.60. The second kappa shape index (κ2) is 3.38. The zero-order chi connectivity index (χ0) is 7.56. The predicted molar refractivity (Wildman–Crippen MR) is 45.2 cm³/mol. The highest BCUT2D eigenvalue weighted by Gasteiger charge is 2.37. The molecule has 0 N–H and O–H groups in total. The van der Waals surface area contributed by atoms with Crippen molar-refractivity contribution in [2.45, 2.75) is 51.6 Å². The lowest BCUT2D eigenvalue weighted by atomic mass is 9.80. The van der Waals surface area contributed by atoms with Gasteiger partial charge in [-0.1, -0.05) is 20.3 Å². The van der Waals surface area contributed by atoms with Crippen molar-refractivity contribution in [1.29, 1.82) is 0 Å². The molecule has 2 saturated heterocycles. The molecule has 1 saturated carbocycles. The minimum atomic E-state index is 0.980. The standard InChI is InChI=1S/C7H13N.C2H6/c1-8-6-3-2-4-7(8)5-6;1-2/h6-7H,2-5H2,1H3;1-2H3. The van der Waals surface area contributed by atoms with Crippen molar-refractivity contribution < 1.29 is 0 Å². The van der Waals surface area contributed by atoms with E-state index in [2.05, 4.69) is 11.9 Å². The van der Waals surface area contributed by atoms with Gasteiger partial charge in [-0.3, -0.25) is 0 Å². The Morgan fingerprint density at radius 3 is 1.80 bits per heavy atom. The largest absolute Gasteiger partial charge is 0.300 e. The van der Waals surface area contributed by atoms with Crippen molar-refractivity contribution in [2.75, 3.05) is 7.05 Å². The smallest absolute Gasteiger partial charge is 0.0110 e. The van der Waals surface area contributed by atoms with Gasteiger partial charge in [-0.2, -0.15) is 0 Å². The molecule has 3 rings (SSSR count). The number of rotatable bonds is 0. The second-order valence-electron chi connectivity index (χ2n) is 3.14. The Kier molecular flexibility index (Phi) is 2.72. The van der Waals surface area contributed by atoms with Crippen molar-refractivity contribution >= 4 is 0 Å². The average Bonchev–Trinajstić information content (AvgIpc) is 2.08. The van der Waals surface area contributed by atoms with Crippen LogP contribution >= 0.6 is 0 Å². The number of hydrogen-bond acceptors (Lipinski definition) is 1. The van der Waals surface area contributed by atoms with Gasteiger partial charge in [0, 0.05) is 12.1 Å². The van der Waals surface area contributed by atoms with Crippen LogP contribution in [0.3, 0.4) is 0 Å². The Morgan fingerprint density at radius 1 is 1.10 bits per heavy atom. The summed E-state index contributed by atoms with van der Waals surface area (Å²) in [4.78, 5) is 2.53. The minimum absolute atomic E-state index is 0.980. The molecule has 10 heavy (non-hydrogen) atoms. The minimum Gasteiger partial charge on any atom is -0.300 e. The van der Waals surface area contributed by atoms with E-state index in [1.54, 1.807) is 0 Å². The number of hydrogen-bond donors (Lipinski definition) is 0. The maximum Gasteiger partial charge on any atom is 0.0110 e. The molecule has 0 amide bonds. The first kappa shape index (κ1) is 8.06. The molecule has 0 radical (unpaired) electrons. The topological polar surface area (TPSA) is 3.24 Å². The maximum absolute atomic E-state index is 2.53. The summed E-state index contributed by atoms with van der Waals surface area (Å²) < 4.78 is 0. The van der Waals surface area contributed by atoms with E-state index >= 15 is 0 Å². The van der Waals surface area contributed by atoms with Crippen LogP contribution in [0.1, 0.15) is 39.5 Å². The summed E-state index contributed by atoms with van der Waals surface area (Å²) in [5, 5.41) is 0. The number of piperidine rings is 1. The van der Waals surface area contributed by atoms with E-state index < -0.39 is 0 Å². The molecule has 3 fully saturated rings. The molecule has 1 aliphatic carbocycles. The fourth-order valence-corrected chi connectivity index (χ4v) is 2.04. The average molecular weight is 141 g/mol. The lowest BCUT2D eigenvalue weighted by molar-refractivity contribution is -0.00221. The Bertz CT molecular complexity index is 86.9. The van der Waals surface area contributed by atoms with E-state index in [1.807, 2.05) is 13.8 Å². The fraction of sp³-hybridized carbons (Fsp3) is 1.00. The molecule has 2 heterocycles. The molecular weight excluding hydrogens is 122 g/mol. The molecule has 1 nitrogen and oxygen atoms in total. The molecule has 3 aliphatic rings. The van der Waals surface area contributed by atoms with E-state index in [0.717, 1.165) is 12.1 Å². The molecular formula is C9H19N. The van der Waals surface area contributed by atoms with Crippen LogP contribution in [0.5, 0.6) is 0 Å². The highest BCUT2D eigenvalue weighted by Crippen LogP contribution is 2.35. The lowest BCUT2D eigenvalue weighted by Crippen LogP contribution is -2.56. The van der Waals surface area contributed by atoms with Crippen LogP contribution in [-0.4, -0.2) is 24.0 Å². The van der Waals surface area contributed by atoms with E-state index in [0.29, 0.717) is 0 Å². The number of fused-ring (bicyclic) bond motifs is 2.